The molecule has 1 fully saturated rings. The first-order chi connectivity index (χ1) is 9.44. The van der Waals surface area contributed by atoms with Crippen molar-refractivity contribution >= 4 is 5.69 Å². The van der Waals surface area contributed by atoms with Crippen molar-refractivity contribution in [2.45, 2.75) is 52.2 Å². The molecule has 0 saturated heterocycles. The lowest BCUT2D eigenvalue weighted by atomic mass is 9.60. The van der Waals surface area contributed by atoms with Gasteiger partial charge in [0.25, 0.3) is 0 Å². The highest BCUT2D eigenvalue weighted by Gasteiger charge is 2.54. The molecule has 1 N–H and O–H groups in total. The van der Waals surface area contributed by atoms with E-state index in [1.807, 2.05) is 20.8 Å². The lowest BCUT2D eigenvalue weighted by Gasteiger charge is -2.52. The molecular formula is C15H21NO4. The van der Waals surface area contributed by atoms with Crippen molar-refractivity contribution in [1.29, 1.82) is 0 Å². The molecule has 0 aromatic heterocycles. The predicted octanol–water partition coefficient (Wildman–Crippen LogP) is 3.22. The third-order valence-electron chi connectivity index (χ3n) is 4.64. The van der Waals surface area contributed by atoms with E-state index >= 15 is 0 Å². The topological polar surface area (TPSA) is 72.6 Å². The van der Waals surface area contributed by atoms with Crippen LogP contribution >= 0.6 is 0 Å². The van der Waals surface area contributed by atoms with Crippen molar-refractivity contribution in [3.8, 4) is 5.75 Å². The van der Waals surface area contributed by atoms with Gasteiger partial charge in [-0.15, -0.1) is 0 Å². The Labute approximate surface area is 118 Å². The molecule has 2 rings (SSSR count). The zero-order valence-corrected chi connectivity index (χ0v) is 12.1. The van der Waals surface area contributed by atoms with Gasteiger partial charge in [0.1, 0.15) is 6.10 Å². The predicted molar refractivity (Wildman–Crippen MR) is 75.9 cm³/mol. The molecule has 2 atom stereocenters. The number of aliphatic hydroxyl groups is 1. The Balaban J connectivity index is 2.27. The lowest BCUT2D eigenvalue weighted by Crippen LogP contribution is -2.59. The average molecular weight is 279 g/mol. The van der Waals surface area contributed by atoms with Gasteiger partial charge in [-0.2, -0.15) is 0 Å². The molecule has 0 spiro atoms. The summed E-state index contributed by atoms with van der Waals surface area (Å²) in [5, 5.41) is 21.1. The van der Waals surface area contributed by atoms with E-state index in [1.54, 1.807) is 12.1 Å². The molecule has 110 valence electrons. The molecule has 1 aromatic rings. The third-order valence-corrected chi connectivity index (χ3v) is 4.64. The molecule has 5 heteroatoms. The summed E-state index contributed by atoms with van der Waals surface area (Å²) >= 11 is 0. The van der Waals surface area contributed by atoms with E-state index in [1.165, 1.54) is 6.07 Å². The molecule has 1 saturated carbocycles. The number of nitro benzene ring substituents is 1. The van der Waals surface area contributed by atoms with Gasteiger partial charge in [0.15, 0.2) is 5.75 Å². The maximum absolute atomic E-state index is 11.1. The second kappa shape index (κ2) is 5.40. The highest BCUT2D eigenvalue weighted by molar-refractivity contribution is 5.48. The molecule has 0 radical (unpaired) electrons. The number of rotatable bonds is 5. The molecule has 1 aliphatic carbocycles. The van der Waals surface area contributed by atoms with Gasteiger partial charge in [-0.25, -0.2) is 0 Å². The van der Waals surface area contributed by atoms with Gasteiger partial charge in [-0.3, -0.25) is 10.1 Å². The molecule has 0 heterocycles. The van der Waals surface area contributed by atoms with Crippen LogP contribution in [0.4, 0.5) is 5.69 Å². The van der Waals surface area contributed by atoms with Crippen LogP contribution in [0.5, 0.6) is 5.75 Å². The average Bonchev–Trinajstić information content (AvgIpc) is 2.39. The van der Waals surface area contributed by atoms with Gasteiger partial charge < -0.3 is 9.84 Å². The highest BCUT2D eigenvalue weighted by atomic mass is 16.6. The van der Waals surface area contributed by atoms with E-state index in [-0.39, 0.29) is 23.3 Å². The van der Waals surface area contributed by atoms with Crippen molar-refractivity contribution in [1.82, 2.24) is 0 Å². The Hall–Kier alpha value is -1.62. The van der Waals surface area contributed by atoms with Gasteiger partial charge in [0.2, 0.25) is 0 Å². The first-order valence-electron chi connectivity index (χ1n) is 7.04. The fourth-order valence-corrected chi connectivity index (χ4v) is 3.09. The van der Waals surface area contributed by atoms with E-state index in [9.17, 15) is 15.2 Å². The van der Waals surface area contributed by atoms with Gasteiger partial charge >= 0.3 is 5.69 Å². The Kier molecular flexibility index (Phi) is 3.99. The van der Waals surface area contributed by atoms with Crippen molar-refractivity contribution in [2.24, 2.45) is 5.41 Å². The van der Waals surface area contributed by atoms with Crippen LogP contribution in [0, 0.1) is 22.5 Å². The quantitative estimate of drug-likeness (QED) is 0.663. The van der Waals surface area contributed by atoms with Crippen LogP contribution in [0.3, 0.4) is 0 Å². The normalized spacial score (nSPS) is 24.0. The standard InChI is InChI=1S/C15H21NO4/c1-4-15(5-2)13(17)9-14(15)20-12-8-10(3)6-7-11(12)16(18)19/h6-8,13-14,17H,4-5,9H2,1-3H3. The number of benzene rings is 1. The molecule has 0 bridgehead atoms. The van der Waals surface area contributed by atoms with Crippen molar-refractivity contribution in [3.05, 3.63) is 33.9 Å². The van der Waals surface area contributed by atoms with Crippen LogP contribution in [0.25, 0.3) is 0 Å². The molecule has 0 amide bonds. The van der Waals surface area contributed by atoms with Gasteiger partial charge in [-0.1, -0.05) is 19.9 Å². The molecule has 0 aliphatic heterocycles. The fraction of sp³-hybridized carbons (Fsp3) is 0.600. The maximum atomic E-state index is 11.1. The molecular weight excluding hydrogens is 258 g/mol. The number of nitrogens with zero attached hydrogens (tertiary/aromatic N) is 1. The van der Waals surface area contributed by atoms with Gasteiger partial charge in [0, 0.05) is 17.9 Å². The maximum Gasteiger partial charge on any atom is 0.310 e. The lowest BCUT2D eigenvalue weighted by molar-refractivity contribution is -0.386. The monoisotopic (exact) mass is 279 g/mol. The minimum absolute atomic E-state index is 0.0157. The summed E-state index contributed by atoms with van der Waals surface area (Å²) in [7, 11) is 0. The van der Waals surface area contributed by atoms with Crippen LogP contribution in [-0.4, -0.2) is 22.2 Å². The fourth-order valence-electron chi connectivity index (χ4n) is 3.09. The number of nitro groups is 1. The summed E-state index contributed by atoms with van der Waals surface area (Å²) in [5.74, 6) is 0.304. The van der Waals surface area contributed by atoms with Crippen LogP contribution in [-0.2, 0) is 0 Å². The molecule has 20 heavy (non-hydrogen) atoms. The third kappa shape index (κ3) is 2.26. The van der Waals surface area contributed by atoms with E-state index in [4.69, 9.17) is 4.74 Å². The molecule has 1 aromatic carbocycles. The first kappa shape index (κ1) is 14.8. The Morgan fingerprint density at radius 1 is 1.45 bits per heavy atom. The Bertz CT molecular complexity index is 511. The van der Waals surface area contributed by atoms with Crippen molar-refractivity contribution in [2.75, 3.05) is 0 Å². The van der Waals surface area contributed by atoms with Crippen LogP contribution in [0.2, 0.25) is 0 Å². The zero-order chi connectivity index (χ0) is 14.9. The second-order valence-corrected chi connectivity index (χ2v) is 5.53. The van der Waals surface area contributed by atoms with E-state index in [2.05, 4.69) is 0 Å². The summed E-state index contributed by atoms with van der Waals surface area (Å²) in [6.45, 7) is 5.92. The Morgan fingerprint density at radius 3 is 2.60 bits per heavy atom. The van der Waals surface area contributed by atoms with Gasteiger partial charge in [-0.05, 0) is 31.4 Å². The molecule has 5 nitrogen and oxygen atoms in total. The number of aryl methyl sites for hydroxylation is 1. The number of aliphatic hydroxyl groups excluding tert-OH is 1. The van der Waals surface area contributed by atoms with E-state index in [0.29, 0.717) is 12.2 Å². The van der Waals surface area contributed by atoms with E-state index in [0.717, 1.165) is 18.4 Å². The van der Waals surface area contributed by atoms with E-state index < -0.39 is 4.92 Å². The largest absolute Gasteiger partial charge is 0.483 e. The number of ether oxygens (including phenoxy) is 1. The highest BCUT2D eigenvalue weighted by Crippen LogP contribution is 2.49. The minimum atomic E-state index is -0.427. The minimum Gasteiger partial charge on any atom is -0.483 e. The van der Waals surface area contributed by atoms with Crippen LogP contribution in [0.1, 0.15) is 38.7 Å². The van der Waals surface area contributed by atoms with Gasteiger partial charge in [0.05, 0.1) is 11.0 Å². The smallest absolute Gasteiger partial charge is 0.310 e. The van der Waals surface area contributed by atoms with Crippen LogP contribution < -0.4 is 4.74 Å². The SMILES string of the molecule is CCC1(CC)C(O)CC1Oc1cc(C)ccc1[N+](=O)[O-]. The first-order valence-corrected chi connectivity index (χ1v) is 7.04. The summed E-state index contributed by atoms with van der Waals surface area (Å²) in [4.78, 5) is 10.6. The summed E-state index contributed by atoms with van der Waals surface area (Å²) in [6.07, 6.45) is 1.59. The van der Waals surface area contributed by atoms with Crippen LogP contribution in [0.15, 0.2) is 18.2 Å². The summed E-state index contributed by atoms with van der Waals surface area (Å²) in [6, 6.07) is 4.87. The van der Waals surface area contributed by atoms with Crippen molar-refractivity contribution in [3.63, 3.8) is 0 Å². The molecule has 1 aliphatic rings. The molecule has 2 unspecified atom stereocenters. The summed E-state index contributed by atoms with van der Waals surface area (Å²) < 4.78 is 5.89. The zero-order valence-electron chi connectivity index (χ0n) is 12.1. The Morgan fingerprint density at radius 2 is 2.10 bits per heavy atom. The second-order valence-electron chi connectivity index (χ2n) is 5.53. The number of hydrogen-bond donors (Lipinski definition) is 1. The summed E-state index contributed by atoms with van der Waals surface area (Å²) in [5.41, 5.74) is 0.625. The van der Waals surface area contributed by atoms with Crippen molar-refractivity contribution < 1.29 is 14.8 Å². The number of hydrogen-bond acceptors (Lipinski definition) is 4.